The van der Waals surface area contributed by atoms with Gasteiger partial charge in [-0.1, -0.05) is 6.07 Å². The lowest BCUT2D eigenvalue weighted by Gasteiger charge is -2.31. The summed E-state index contributed by atoms with van der Waals surface area (Å²) in [7, 11) is -1.62. The SMILES string of the molecule is CNC1CCN(S(=O)(=O)c2ccc(C)c(NC(C)=O)c2)CC1. The van der Waals surface area contributed by atoms with E-state index in [1.165, 1.54) is 17.3 Å². The highest BCUT2D eigenvalue weighted by atomic mass is 32.2. The highest BCUT2D eigenvalue weighted by Crippen LogP contribution is 2.25. The van der Waals surface area contributed by atoms with E-state index in [0.717, 1.165) is 18.4 Å². The summed E-state index contributed by atoms with van der Waals surface area (Å²) in [5.74, 6) is -0.215. The standard InChI is InChI=1S/C15H23N3O3S/c1-11-4-5-14(10-15(11)17-12(2)19)22(20,21)18-8-6-13(16-3)7-9-18/h4-5,10,13,16H,6-9H2,1-3H3,(H,17,19). The summed E-state index contributed by atoms with van der Waals surface area (Å²) < 4.78 is 27.0. The zero-order chi connectivity index (χ0) is 16.3. The smallest absolute Gasteiger partial charge is 0.243 e. The van der Waals surface area contributed by atoms with E-state index < -0.39 is 10.0 Å². The fourth-order valence-corrected chi connectivity index (χ4v) is 4.12. The van der Waals surface area contributed by atoms with Crippen molar-refractivity contribution in [3.05, 3.63) is 23.8 Å². The third kappa shape index (κ3) is 3.66. The van der Waals surface area contributed by atoms with Crippen molar-refractivity contribution < 1.29 is 13.2 Å². The van der Waals surface area contributed by atoms with Crippen molar-refractivity contribution in [3.63, 3.8) is 0 Å². The summed E-state index contributed by atoms with van der Waals surface area (Å²) in [5.41, 5.74) is 1.38. The topological polar surface area (TPSA) is 78.5 Å². The summed E-state index contributed by atoms with van der Waals surface area (Å²) in [5, 5.41) is 5.86. The van der Waals surface area contributed by atoms with Gasteiger partial charge in [0.1, 0.15) is 0 Å². The van der Waals surface area contributed by atoms with Crippen LogP contribution < -0.4 is 10.6 Å². The summed E-state index contributed by atoms with van der Waals surface area (Å²) in [6.45, 7) is 4.26. The van der Waals surface area contributed by atoms with Gasteiger partial charge in [0, 0.05) is 31.7 Å². The van der Waals surface area contributed by atoms with E-state index in [0.29, 0.717) is 24.8 Å². The van der Waals surface area contributed by atoms with Gasteiger partial charge in [0.15, 0.2) is 0 Å². The number of benzene rings is 1. The van der Waals surface area contributed by atoms with Crippen LogP contribution in [0.3, 0.4) is 0 Å². The highest BCUT2D eigenvalue weighted by molar-refractivity contribution is 7.89. The molecule has 1 amide bonds. The molecule has 2 rings (SSSR count). The summed E-state index contributed by atoms with van der Waals surface area (Å²) in [4.78, 5) is 11.4. The van der Waals surface area contributed by atoms with E-state index in [4.69, 9.17) is 0 Å². The molecule has 7 heteroatoms. The molecular formula is C15H23N3O3S. The van der Waals surface area contributed by atoms with Gasteiger partial charge in [-0.25, -0.2) is 8.42 Å². The monoisotopic (exact) mass is 325 g/mol. The molecule has 1 aliphatic rings. The number of carbonyl (C=O) groups excluding carboxylic acids is 1. The van der Waals surface area contributed by atoms with Crippen molar-refractivity contribution in [3.8, 4) is 0 Å². The van der Waals surface area contributed by atoms with E-state index in [-0.39, 0.29) is 10.8 Å². The van der Waals surface area contributed by atoms with Crippen molar-refractivity contribution >= 4 is 21.6 Å². The van der Waals surface area contributed by atoms with E-state index >= 15 is 0 Å². The van der Waals surface area contributed by atoms with Crippen molar-refractivity contribution in [2.45, 2.75) is 37.6 Å². The quantitative estimate of drug-likeness (QED) is 0.875. The molecule has 0 radical (unpaired) electrons. The summed E-state index contributed by atoms with van der Waals surface area (Å²) in [6, 6.07) is 5.23. The molecular weight excluding hydrogens is 302 g/mol. The van der Waals surface area contributed by atoms with Crippen LogP contribution in [0, 0.1) is 6.92 Å². The molecule has 1 fully saturated rings. The number of rotatable bonds is 4. The van der Waals surface area contributed by atoms with Gasteiger partial charge in [-0.05, 0) is 44.5 Å². The second kappa shape index (κ2) is 6.76. The number of hydrogen-bond donors (Lipinski definition) is 2. The number of nitrogens with zero attached hydrogens (tertiary/aromatic N) is 1. The molecule has 0 bridgehead atoms. The van der Waals surface area contributed by atoms with Gasteiger partial charge < -0.3 is 10.6 Å². The minimum absolute atomic E-state index is 0.215. The first-order chi connectivity index (χ1) is 10.3. The normalized spacial score (nSPS) is 17.4. The van der Waals surface area contributed by atoms with Crippen LogP contribution in [0.15, 0.2) is 23.1 Å². The lowest BCUT2D eigenvalue weighted by molar-refractivity contribution is -0.114. The number of anilines is 1. The first-order valence-electron chi connectivity index (χ1n) is 7.40. The maximum Gasteiger partial charge on any atom is 0.243 e. The van der Waals surface area contributed by atoms with Gasteiger partial charge in [0.25, 0.3) is 0 Å². The van der Waals surface area contributed by atoms with Gasteiger partial charge in [-0.2, -0.15) is 4.31 Å². The van der Waals surface area contributed by atoms with Crippen LogP contribution in [0.2, 0.25) is 0 Å². The molecule has 122 valence electrons. The Labute approximate surface area is 131 Å². The lowest BCUT2D eigenvalue weighted by Crippen LogP contribution is -2.43. The van der Waals surface area contributed by atoms with Crippen LogP contribution in [0.25, 0.3) is 0 Å². The fourth-order valence-electron chi connectivity index (χ4n) is 2.62. The Bertz CT molecular complexity index is 650. The molecule has 22 heavy (non-hydrogen) atoms. The minimum Gasteiger partial charge on any atom is -0.326 e. The Hall–Kier alpha value is -1.44. The predicted octanol–water partition coefficient (Wildman–Crippen LogP) is 1.33. The van der Waals surface area contributed by atoms with E-state index in [9.17, 15) is 13.2 Å². The van der Waals surface area contributed by atoms with Gasteiger partial charge in [0.2, 0.25) is 15.9 Å². The van der Waals surface area contributed by atoms with Crippen LogP contribution in [0.1, 0.15) is 25.3 Å². The van der Waals surface area contributed by atoms with E-state index in [1.54, 1.807) is 12.1 Å². The largest absolute Gasteiger partial charge is 0.326 e. The molecule has 0 aromatic heterocycles. The third-order valence-corrected chi connectivity index (χ3v) is 5.91. The molecule has 0 spiro atoms. The number of piperidine rings is 1. The van der Waals surface area contributed by atoms with Crippen LogP contribution in [0.5, 0.6) is 0 Å². The van der Waals surface area contributed by atoms with Gasteiger partial charge in [-0.15, -0.1) is 0 Å². The van der Waals surface area contributed by atoms with Gasteiger partial charge >= 0.3 is 0 Å². The van der Waals surface area contributed by atoms with E-state index in [2.05, 4.69) is 10.6 Å². The molecule has 1 aliphatic heterocycles. The second-order valence-corrected chi connectivity index (χ2v) is 7.56. The second-order valence-electron chi connectivity index (χ2n) is 5.62. The zero-order valence-electron chi connectivity index (χ0n) is 13.2. The van der Waals surface area contributed by atoms with Crippen molar-refractivity contribution in [2.75, 3.05) is 25.5 Å². The number of sulfonamides is 1. The molecule has 0 saturated carbocycles. The predicted molar refractivity (Wildman–Crippen MR) is 86.3 cm³/mol. The average Bonchev–Trinajstić information content (AvgIpc) is 2.49. The molecule has 0 unspecified atom stereocenters. The maximum atomic E-state index is 12.7. The fraction of sp³-hybridized carbons (Fsp3) is 0.533. The molecule has 0 atom stereocenters. The Morgan fingerprint density at radius 3 is 2.45 bits per heavy atom. The number of hydrogen-bond acceptors (Lipinski definition) is 4. The summed E-state index contributed by atoms with van der Waals surface area (Å²) >= 11 is 0. The van der Waals surface area contributed by atoms with Crippen molar-refractivity contribution in [1.29, 1.82) is 0 Å². The molecule has 1 heterocycles. The van der Waals surface area contributed by atoms with Gasteiger partial charge in [0.05, 0.1) is 4.90 Å². The zero-order valence-corrected chi connectivity index (χ0v) is 14.0. The van der Waals surface area contributed by atoms with Gasteiger partial charge in [-0.3, -0.25) is 4.79 Å². The van der Waals surface area contributed by atoms with Crippen LogP contribution in [-0.2, 0) is 14.8 Å². The molecule has 1 aromatic carbocycles. The summed E-state index contributed by atoms with van der Waals surface area (Å²) in [6.07, 6.45) is 1.61. The number of nitrogens with one attached hydrogen (secondary N) is 2. The Balaban J connectivity index is 2.24. The molecule has 1 aromatic rings. The first-order valence-corrected chi connectivity index (χ1v) is 8.84. The Morgan fingerprint density at radius 1 is 1.27 bits per heavy atom. The molecule has 0 aliphatic carbocycles. The van der Waals surface area contributed by atoms with E-state index in [1.807, 2.05) is 14.0 Å². The van der Waals surface area contributed by atoms with Crippen LogP contribution >= 0.6 is 0 Å². The molecule has 1 saturated heterocycles. The Morgan fingerprint density at radius 2 is 1.91 bits per heavy atom. The molecule has 6 nitrogen and oxygen atoms in total. The molecule has 2 N–H and O–H groups in total. The third-order valence-electron chi connectivity index (χ3n) is 4.02. The highest BCUT2D eigenvalue weighted by Gasteiger charge is 2.29. The first kappa shape index (κ1) is 16.9. The maximum absolute atomic E-state index is 12.7. The van der Waals surface area contributed by atoms with Crippen LogP contribution in [-0.4, -0.2) is 44.8 Å². The number of carbonyl (C=O) groups is 1. The number of aryl methyl sites for hydroxylation is 1. The van der Waals surface area contributed by atoms with Crippen molar-refractivity contribution in [1.82, 2.24) is 9.62 Å². The minimum atomic E-state index is -3.51. The average molecular weight is 325 g/mol. The lowest BCUT2D eigenvalue weighted by atomic mass is 10.1. The Kier molecular flexibility index (Phi) is 5.20. The number of amides is 1. The van der Waals surface area contributed by atoms with Crippen molar-refractivity contribution in [2.24, 2.45) is 0 Å². The van der Waals surface area contributed by atoms with Crippen LogP contribution in [0.4, 0.5) is 5.69 Å².